The number of hydrogen-bond donors (Lipinski definition) is 2. The number of aryl methyl sites for hydroxylation is 1. The lowest BCUT2D eigenvalue weighted by Crippen LogP contribution is -2.27. The van der Waals surface area contributed by atoms with E-state index in [1.165, 1.54) is 0 Å². The Labute approximate surface area is 133 Å². The molecule has 1 amide bonds. The van der Waals surface area contributed by atoms with Gasteiger partial charge in [-0.1, -0.05) is 20.8 Å². The van der Waals surface area contributed by atoms with Gasteiger partial charge in [0.25, 0.3) is 0 Å². The van der Waals surface area contributed by atoms with E-state index >= 15 is 0 Å². The van der Waals surface area contributed by atoms with Gasteiger partial charge in [-0.2, -0.15) is 10.1 Å². The minimum atomic E-state index is 0.0246. The molecule has 124 valence electrons. The van der Waals surface area contributed by atoms with Crippen LogP contribution >= 0.6 is 0 Å². The third kappa shape index (κ3) is 5.09. The minimum absolute atomic E-state index is 0.0246. The maximum atomic E-state index is 12.0. The molecule has 0 aliphatic carbocycles. The first kappa shape index (κ1) is 16.9. The van der Waals surface area contributed by atoms with E-state index in [2.05, 4.69) is 41.5 Å². The number of carbonyl (C=O) groups is 1. The summed E-state index contributed by atoms with van der Waals surface area (Å²) in [6.07, 6.45) is 4.59. The smallest absolute Gasteiger partial charge is 0.227 e. The number of anilines is 1. The van der Waals surface area contributed by atoms with E-state index in [9.17, 15) is 4.79 Å². The number of nitrogens with zero attached hydrogens (tertiary/aromatic N) is 3. The predicted octanol–water partition coefficient (Wildman–Crippen LogP) is 2.44. The average molecular weight is 307 g/mol. The fraction of sp³-hybridized carbons (Fsp3) is 0.812. The lowest BCUT2D eigenvalue weighted by molar-refractivity contribution is -0.116. The molecule has 0 atom stereocenters. The third-order valence-corrected chi connectivity index (χ3v) is 4.07. The topological polar surface area (TPSA) is 71.8 Å². The Bertz CT molecular complexity index is 497. The number of carbonyl (C=O) groups excluding carboxylic acids is 1. The Morgan fingerprint density at radius 1 is 1.36 bits per heavy atom. The molecule has 0 saturated carbocycles. The zero-order valence-electron chi connectivity index (χ0n) is 14.3. The fourth-order valence-corrected chi connectivity index (χ4v) is 2.73. The van der Waals surface area contributed by atoms with E-state index in [4.69, 9.17) is 0 Å². The molecule has 1 aliphatic rings. The average Bonchev–Trinajstić information content (AvgIpc) is 2.80. The lowest BCUT2D eigenvalue weighted by atomic mass is 9.90. The van der Waals surface area contributed by atoms with Gasteiger partial charge in [0.2, 0.25) is 11.9 Å². The Morgan fingerprint density at radius 2 is 2.05 bits per heavy atom. The second-order valence-electron chi connectivity index (χ2n) is 7.40. The van der Waals surface area contributed by atoms with Crippen LogP contribution in [0.4, 0.5) is 5.95 Å². The first-order valence-electron chi connectivity index (χ1n) is 8.27. The number of rotatable bonds is 5. The van der Waals surface area contributed by atoms with Crippen molar-refractivity contribution >= 4 is 11.9 Å². The highest BCUT2D eigenvalue weighted by molar-refractivity contribution is 5.88. The minimum Gasteiger partial charge on any atom is -0.317 e. The van der Waals surface area contributed by atoms with Gasteiger partial charge in [-0.15, -0.1) is 0 Å². The van der Waals surface area contributed by atoms with Crippen molar-refractivity contribution in [3.05, 3.63) is 5.82 Å². The van der Waals surface area contributed by atoms with Crippen LogP contribution < -0.4 is 10.6 Å². The highest BCUT2D eigenvalue weighted by atomic mass is 16.1. The standard InChI is InChI=1S/C16H29N5O/c1-16(2,3)9-5-6-13(22)18-15-19-14(20-21(15)4)12-7-10-17-11-8-12/h12,17H,5-11H2,1-4H3,(H,18,19,20,22). The summed E-state index contributed by atoms with van der Waals surface area (Å²) in [4.78, 5) is 16.6. The monoisotopic (exact) mass is 307 g/mol. The van der Waals surface area contributed by atoms with Crippen molar-refractivity contribution in [2.24, 2.45) is 12.5 Å². The van der Waals surface area contributed by atoms with Gasteiger partial charge in [-0.3, -0.25) is 10.1 Å². The fourth-order valence-electron chi connectivity index (χ4n) is 2.73. The molecule has 6 heteroatoms. The van der Waals surface area contributed by atoms with Crippen LogP contribution in [-0.4, -0.2) is 33.8 Å². The Kier molecular flexibility index (Phi) is 5.56. The van der Waals surface area contributed by atoms with E-state index in [0.29, 0.717) is 18.3 Å². The summed E-state index contributed by atoms with van der Waals surface area (Å²) < 4.78 is 1.68. The number of aromatic nitrogens is 3. The zero-order valence-corrected chi connectivity index (χ0v) is 14.3. The molecule has 1 aromatic rings. The van der Waals surface area contributed by atoms with Gasteiger partial charge < -0.3 is 5.32 Å². The highest BCUT2D eigenvalue weighted by Gasteiger charge is 2.21. The maximum absolute atomic E-state index is 12.0. The summed E-state index contributed by atoms with van der Waals surface area (Å²) >= 11 is 0. The van der Waals surface area contributed by atoms with Gasteiger partial charge in [0, 0.05) is 19.4 Å². The molecule has 0 unspecified atom stereocenters. The molecule has 0 aromatic carbocycles. The lowest BCUT2D eigenvalue weighted by Gasteiger charge is -2.19. The second kappa shape index (κ2) is 7.22. The highest BCUT2D eigenvalue weighted by Crippen LogP contribution is 2.24. The van der Waals surface area contributed by atoms with Crippen LogP contribution in [0.2, 0.25) is 0 Å². The normalized spacial score (nSPS) is 16.7. The van der Waals surface area contributed by atoms with Crippen LogP contribution in [-0.2, 0) is 11.8 Å². The van der Waals surface area contributed by atoms with Crippen molar-refractivity contribution in [2.45, 2.75) is 58.8 Å². The Hall–Kier alpha value is -1.43. The van der Waals surface area contributed by atoms with Crippen molar-refractivity contribution < 1.29 is 4.79 Å². The number of piperidine rings is 1. The number of hydrogen-bond acceptors (Lipinski definition) is 4. The van der Waals surface area contributed by atoms with Gasteiger partial charge in [-0.25, -0.2) is 4.68 Å². The van der Waals surface area contributed by atoms with Gasteiger partial charge in [0.05, 0.1) is 0 Å². The summed E-state index contributed by atoms with van der Waals surface area (Å²) in [5, 5.41) is 10.7. The van der Waals surface area contributed by atoms with E-state index in [1.54, 1.807) is 4.68 Å². The molecule has 6 nitrogen and oxygen atoms in total. The van der Waals surface area contributed by atoms with Crippen molar-refractivity contribution in [1.82, 2.24) is 20.1 Å². The van der Waals surface area contributed by atoms with E-state index in [1.807, 2.05) is 7.05 Å². The first-order chi connectivity index (χ1) is 10.3. The summed E-state index contributed by atoms with van der Waals surface area (Å²) in [5.41, 5.74) is 0.271. The largest absolute Gasteiger partial charge is 0.317 e. The third-order valence-electron chi connectivity index (χ3n) is 4.07. The number of amides is 1. The molecule has 2 N–H and O–H groups in total. The predicted molar refractivity (Wildman–Crippen MR) is 87.8 cm³/mol. The summed E-state index contributed by atoms with van der Waals surface area (Å²) in [6.45, 7) is 8.60. The molecule has 1 saturated heterocycles. The molecule has 2 rings (SSSR count). The molecular formula is C16H29N5O. The van der Waals surface area contributed by atoms with Crippen molar-refractivity contribution in [3.63, 3.8) is 0 Å². The molecule has 1 aliphatic heterocycles. The van der Waals surface area contributed by atoms with E-state index in [-0.39, 0.29) is 11.3 Å². The summed E-state index contributed by atoms with van der Waals surface area (Å²) in [5.74, 6) is 1.85. The summed E-state index contributed by atoms with van der Waals surface area (Å²) in [7, 11) is 1.84. The summed E-state index contributed by atoms with van der Waals surface area (Å²) in [6, 6.07) is 0. The molecule has 0 spiro atoms. The molecule has 0 radical (unpaired) electrons. The van der Waals surface area contributed by atoms with Crippen molar-refractivity contribution in [3.8, 4) is 0 Å². The van der Waals surface area contributed by atoms with Gasteiger partial charge in [0.15, 0.2) is 5.82 Å². The molecule has 1 aromatic heterocycles. The van der Waals surface area contributed by atoms with Crippen LogP contribution in [0.1, 0.15) is 64.6 Å². The van der Waals surface area contributed by atoms with Crippen LogP contribution in [0.3, 0.4) is 0 Å². The van der Waals surface area contributed by atoms with Gasteiger partial charge in [0.1, 0.15) is 0 Å². The maximum Gasteiger partial charge on any atom is 0.227 e. The Morgan fingerprint density at radius 3 is 2.68 bits per heavy atom. The van der Waals surface area contributed by atoms with Crippen LogP contribution in [0.5, 0.6) is 0 Å². The van der Waals surface area contributed by atoms with E-state index in [0.717, 1.165) is 44.6 Å². The zero-order chi connectivity index (χ0) is 16.2. The van der Waals surface area contributed by atoms with Crippen LogP contribution in [0.25, 0.3) is 0 Å². The second-order valence-corrected chi connectivity index (χ2v) is 7.40. The molecule has 2 heterocycles. The number of nitrogens with one attached hydrogen (secondary N) is 2. The Balaban J connectivity index is 1.87. The molecule has 22 heavy (non-hydrogen) atoms. The van der Waals surface area contributed by atoms with E-state index < -0.39 is 0 Å². The van der Waals surface area contributed by atoms with Crippen molar-refractivity contribution in [1.29, 1.82) is 0 Å². The SMILES string of the molecule is Cn1nc(C2CCNCC2)nc1NC(=O)CCCC(C)(C)C. The molecule has 0 bridgehead atoms. The van der Waals surface area contributed by atoms with Crippen LogP contribution in [0, 0.1) is 5.41 Å². The van der Waals surface area contributed by atoms with Gasteiger partial charge >= 0.3 is 0 Å². The van der Waals surface area contributed by atoms with Crippen molar-refractivity contribution in [2.75, 3.05) is 18.4 Å². The van der Waals surface area contributed by atoms with Gasteiger partial charge in [-0.05, 0) is 44.2 Å². The first-order valence-corrected chi connectivity index (χ1v) is 8.27. The quantitative estimate of drug-likeness (QED) is 0.876. The molecule has 1 fully saturated rings. The molecular weight excluding hydrogens is 278 g/mol. The van der Waals surface area contributed by atoms with Crippen LogP contribution in [0.15, 0.2) is 0 Å².